The molecule has 0 saturated heterocycles. The van der Waals surface area contributed by atoms with Gasteiger partial charge in [0.15, 0.2) is 5.82 Å². The van der Waals surface area contributed by atoms with Crippen LogP contribution in [0.15, 0.2) is 194 Å². The molecule has 4 heteroatoms. The number of fused-ring (bicyclic) bond motifs is 6. The Morgan fingerprint density at radius 2 is 0.750 bits per heavy atom. The molecule has 262 valence electrons. The summed E-state index contributed by atoms with van der Waals surface area (Å²) in [4.78, 5) is 10.6. The average molecular weight is 749 g/mol. The van der Waals surface area contributed by atoms with Gasteiger partial charge in [-0.05, 0) is 94.0 Å². The molecule has 3 heterocycles. The molecular weight excluding hydrogens is 717 g/mol. The van der Waals surface area contributed by atoms with Crippen molar-refractivity contribution in [1.82, 2.24) is 9.97 Å². The van der Waals surface area contributed by atoms with Crippen LogP contribution in [0.25, 0.3) is 108 Å². The number of rotatable bonds is 6. The summed E-state index contributed by atoms with van der Waals surface area (Å²) in [6.07, 6.45) is 0. The van der Waals surface area contributed by atoms with Crippen molar-refractivity contribution in [1.29, 1.82) is 0 Å². The highest BCUT2D eigenvalue weighted by Crippen LogP contribution is 2.41. The monoisotopic (exact) mass is 748 g/mol. The first-order valence-corrected chi connectivity index (χ1v) is 20.4. The van der Waals surface area contributed by atoms with E-state index in [0.29, 0.717) is 5.82 Å². The minimum Gasteiger partial charge on any atom is -0.228 e. The van der Waals surface area contributed by atoms with E-state index in [1.165, 1.54) is 51.5 Å². The number of hydrogen-bond acceptors (Lipinski definition) is 4. The minimum atomic E-state index is 0.699. The zero-order valence-electron chi connectivity index (χ0n) is 30.2. The molecule has 0 saturated carbocycles. The number of thiophene rings is 2. The summed E-state index contributed by atoms with van der Waals surface area (Å²) >= 11 is 3.69. The van der Waals surface area contributed by atoms with Gasteiger partial charge in [-0.15, -0.1) is 22.7 Å². The van der Waals surface area contributed by atoms with E-state index in [9.17, 15) is 0 Å². The van der Waals surface area contributed by atoms with Crippen molar-refractivity contribution >= 4 is 63.0 Å². The Labute approximate surface area is 332 Å². The van der Waals surface area contributed by atoms with Crippen LogP contribution in [-0.2, 0) is 0 Å². The second kappa shape index (κ2) is 13.5. The Hall–Kier alpha value is -6.72. The molecule has 0 aliphatic carbocycles. The Balaban J connectivity index is 1.12. The van der Waals surface area contributed by atoms with Gasteiger partial charge < -0.3 is 0 Å². The van der Waals surface area contributed by atoms with Crippen LogP contribution < -0.4 is 0 Å². The van der Waals surface area contributed by atoms with Gasteiger partial charge in [-0.25, -0.2) is 9.97 Å². The van der Waals surface area contributed by atoms with Gasteiger partial charge in [-0.3, -0.25) is 0 Å². The largest absolute Gasteiger partial charge is 0.228 e. The van der Waals surface area contributed by atoms with Crippen LogP contribution in [0.5, 0.6) is 0 Å². The molecule has 0 N–H and O–H groups in total. The molecule has 11 aromatic rings. The molecule has 2 nitrogen and oxygen atoms in total. The van der Waals surface area contributed by atoms with Gasteiger partial charge in [-0.2, -0.15) is 0 Å². The maximum Gasteiger partial charge on any atom is 0.160 e. The summed E-state index contributed by atoms with van der Waals surface area (Å²) in [5.74, 6) is 0.699. The first-order valence-electron chi connectivity index (χ1n) is 18.8. The van der Waals surface area contributed by atoms with Crippen molar-refractivity contribution in [3.05, 3.63) is 194 Å². The molecule has 8 aromatic carbocycles. The van der Waals surface area contributed by atoms with E-state index in [1.807, 2.05) is 28.7 Å². The van der Waals surface area contributed by atoms with Crippen molar-refractivity contribution in [2.24, 2.45) is 0 Å². The lowest BCUT2D eigenvalue weighted by Gasteiger charge is -2.15. The van der Waals surface area contributed by atoms with Gasteiger partial charge in [-0.1, -0.05) is 133 Å². The van der Waals surface area contributed by atoms with Crippen LogP contribution in [0.2, 0.25) is 0 Å². The fraction of sp³-hybridized carbons (Fsp3) is 0. The Morgan fingerprint density at radius 3 is 1.43 bits per heavy atom. The van der Waals surface area contributed by atoms with E-state index < -0.39 is 0 Å². The Kier molecular flexibility index (Phi) is 7.90. The molecule has 0 aliphatic heterocycles. The lowest BCUT2D eigenvalue weighted by atomic mass is 9.93. The van der Waals surface area contributed by atoms with E-state index in [2.05, 4.69) is 188 Å². The molecular formula is C52H32N2S2. The second-order valence-electron chi connectivity index (χ2n) is 14.2. The Bertz CT molecular complexity index is 3250. The third kappa shape index (κ3) is 5.79. The summed E-state index contributed by atoms with van der Waals surface area (Å²) in [6.45, 7) is 0. The molecule has 0 spiro atoms. The van der Waals surface area contributed by atoms with Crippen LogP contribution in [0.1, 0.15) is 0 Å². The van der Waals surface area contributed by atoms with Gasteiger partial charge in [0, 0.05) is 57.0 Å². The average Bonchev–Trinajstić information content (AvgIpc) is 3.84. The van der Waals surface area contributed by atoms with Crippen LogP contribution in [0.3, 0.4) is 0 Å². The lowest BCUT2D eigenvalue weighted by molar-refractivity contribution is 1.18. The molecule has 0 fully saturated rings. The van der Waals surface area contributed by atoms with Gasteiger partial charge >= 0.3 is 0 Å². The molecule has 56 heavy (non-hydrogen) atoms. The van der Waals surface area contributed by atoms with Crippen LogP contribution in [0, 0.1) is 0 Å². The second-order valence-corrected chi connectivity index (χ2v) is 16.3. The van der Waals surface area contributed by atoms with E-state index in [0.717, 1.165) is 50.3 Å². The van der Waals surface area contributed by atoms with Gasteiger partial charge in [0.05, 0.1) is 11.4 Å². The van der Waals surface area contributed by atoms with Crippen LogP contribution in [0.4, 0.5) is 0 Å². The molecule has 11 rings (SSSR count). The third-order valence-electron chi connectivity index (χ3n) is 10.7. The van der Waals surface area contributed by atoms with E-state index >= 15 is 0 Å². The zero-order chi connectivity index (χ0) is 37.0. The Morgan fingerprint density at radius 1 is 0.268 bits per heavy atom. The summed E-state index contributed by atoms with van der Waals surface area (Å²) in [7, 11) is 0. The smallest absolute Gasteiger partial charge is 0.160 e. The van der Waals surface area contributed by atoms with E-state index in [-0.39, 0.29) is 0 Å². The van der Waals surface area contributed by atoms with Gasteiger partial charge in [0.2, 0.25) is 0 Å². The quantitative estimate of drug-likeness (QED) is 0.169. The highest BCUT2D eigenvalue weighted by molar-refractivity contribution is 7.26. The summed E-state index contributed by atoms with van der Waals surface area (Å²) in [5, 5.41) is 5.16. The molecule has 0 radical (unpaired) electrons. The molecule has 0 unspecified atom stereocenters. The van der Waals surface area contributed by atoms with E-state index in [4.69, 9.17) is 9.97 Å². The normalized spacial score (nSPS) is 11.6. The maximum atomic E-state index is 5.31. The fourth-order valence-corrected chi connectivity index (χ4v) is 10.1. The standard InChI is InChI=1S/C52H32N2S2/c1-3-13-33(14-4-1)37-27-38(35-23-25-50-44(30-35)42-19-9-11-21-48(42)55-50)29-39(28-37)46-32-47(54-52(53-46)34-15-5-2-6-16-34)41-18-8-7-17-40(41)36-24-26-51-45(31-36)43-20-10-12-22-49(43)56-51/h1-32H. The summed E-state index contributed by atoms with van der Waals surface area (Å²) in [6, 6.07) is 69.8. The van der Waals surface area contributed by atoms with Crippen LogP contribution in [-0.4, -0.2) is 9.97 Å². The predicted molar refractivity (Wildman–Crippen MR) is 240 cm³/mol. The maximum absolute atomic E-state index is 5.31. The van der Waals surface area contributed by atoms with Gasteiger partial charge in [0.25, 0.3) is 0 Å². The predicted octanol–water partition coefficient (Wildman–Crippen LogP) is 15.2. The molecule has 0 aliphatic rings. The molecule has 0 atom stereocenters. The number of benzene rings is 8. The highest BCUT2D eigenvalue weighted by atomic mass is 32.1. The lowest BCUT2D eigenvalue weighted by Crippen LogP contribution is -1.97. The first-order chi connectivity index (χ1) is 27.7. The van der Waals surface area contributed by atoms with Gasteiger partial charge in [0.1, 0.15) is 0 Å². The topological polar surface area (TPSA) is 25.8 Å². The fourth-order valence-electron chi connectivity index (χ4n) is 7.95. The van der Waals surface area contributed by atoms with Crippen molar-refractivity contribution < 1.29 is 0 Å². The van der Waals surface area contributed by atoms with E-state index in [1.54, 1.807) is 0 Å². The molecule has 0 bridgehead atoms. The SMILES string of the molecule is c1ccc(-c2cc(-c3ccc4sc5ccccc5c4c3)cc(-c3cc(-c4ccccc4-c4ccc5sc6ccccc6c5c4)nc(-c4ccccc4)n3)c2)cc1. The summed E-state index contributed by atoms with van der Waals surface area (Å²) in [5.41, 5.74) is 11.8. The van der Waals surface area contributed by atoms with Crippen molar-refractivity contribution in [2.45, 2.75) is 0 Å². The molecule has 3 aromatic heterocycles. The summed E-state index contributed by atoms with van der Waals surface area (Å²) < 4.78 is 5.21. The zero-order valence-corrected chi connectivity index (χ0v) is 31.8. The number of nitrogens with zero attached hydrogens (tertiary/aromatic N) is 2. The number of hydrogen-bond donors (Lipinski definition) is 0. The van der Waals surface area contributed by atoms with Crippen molar-refractivity contribution in [3.63, 3.8) is 0 Å². The van der Waals surface area contributed by atoms with Crippen LogP contribution >= 0.6 is 22.7 Å². The highest BCUT2D eigenvalue weighted by Gasteiger charge is 2.17. The number of aromatic nitrogens is 2. The third-order valence-corrected chi connectivity index (χ3v) is 13.0. The first kappa shape index (κ1) is 32.7. The van der Waals surface area contributed by atoms with Crippen molar-refractivity contribution in [2.75, 3.05) is 0 Å². The molecule has 0 amide bonds. The minimum absolute atomic E-state index is 0.699. The van der Waals surface area contributed by atoms with Crippen molar-refractivity contribution in [3.8, 4) is 67.3 Å².